The Hall–Kier alpha value is -1.92. The lowest BCUT2D eigenvalue weighted by Crippen LogP contribution is -2.47. The molecule has 0 bridgehead atoms. The lowest BCUT2D eigenvalue weighted by Gasteiger charge is -2.27. The van der Waals surface area contributed by atoms with Crippen LogP contribution in [-0.2, 0) is 16.1 Å². The Bertz CT molecular complexity index is 584. The second-order valence-corrected chi connectivity index (χ2v) is 6.01. The maximum Gasteiger partial charge on any atom is 0.255 e. The Morgan fingerprint density at radius 2 is 2.04 bits per heavy atom. The van der Waals surface area contributed by atoms with Gasteiger partial charge in [0.1, 0.15) is 6.04 Å². The molecular formula is C17H23N3O3. The summed E-state index contributed by atoms with van der Waals surface area (Å²) in [6.07, 6.45) is 0. The highest BCUT2D eigenvalue weighted by atomic mass is 16.5. The van der Waals surface area contributed by atoms with Crippen LogP contribution in [0.3, 0.4) is 0 Å². The highest BCUT2D eigenvalue weighted by Gasteiger charge is 2.33. The average Bonchev–Trinajstić information content (AvgIpc) is 2.92. The number of benzene rings is 1. The average molecular weight is 317 g/mol. The Morgan fingerprint density at radius 3 is 2.78 bits per heavy atom. The first-order chi connectivity index (χ1) is 11.2. The summed E-state index contributed by atoms with van der Waals surface area (Å²) in [4.78, 5) is 28.6. The molecular weight excluding hydrogens is 294 g/mol. The number of rotatable bonds is 5. The number of hydrogen-bond donors (Lipinski definition) is 1. The van der Waals surface area contributed by atoms with Crippen molar-refractivity contribution in [3.05, 3.63) is 35.4 Å². The van der Waals surface area contributed by atoms with Gasteiger partial charge in [0.15, 0.2) is 0 Å². The molecule has 2 amide bonds. The summed E-state index contributed by atoms with van der Waals surface area (Å²) in [7, 11) is 0. The second kappa shape index (κ2) is 7.10. The van der Waals surface area contributed by atoms with E-state index in [-0.39, 0.29) is 11.8 Å². The zero-order chi connectivity index (χ0) is 16.2. The van der Waals surface area contributed by atoms with E-state index in [0.29, 0.717) is 18.7 Å². The van der Waals surface area contributed by atoms with Crippen molar-refractivity contribution >= 4 is 11.8 Å². The molecule has 23 heavy (non-hydrogen) atoms. The second-order valence-electron chi connectivity index (χ2n) is 6.01. The molecule has 0 spiro atoms. The van der Waals surface area contributed by atoms with E-state index < -0.39 is 6.04 Å². The fraction of sp³-hybridized carbons (Fsp3) is 0.529. The van der Waals surface area contributed by atoms with Crippen molar-refractivity contribution in [3.63, 3.8) is 0 Å². The van der Waals surface area contributed by atoms with Crippen LogP contribution in [-0.4, -0.2) is 67.0 Å². The van der Waals surface area contributed by atoms with Gasteiger partial charge >= 0.3 is 0 Å². The van der Waals surface area contributed by atoms with E-state index in [1.54, 1.807) is 11.8 Å². The van der Waals surface area contributed by atoms with Gasteiger partial charge in [0, 0.05) is 38.3 Å². The smallest absolute Gasteiger partial charge is 0.255 e. The Kier molecular flexibility index (Phi) is 4.93. The van der Waals surface area contributed by atoms with Gasteiger partial charge in [-0.15, -0.1) is 0 Å². The number of hydrogen-bond acceptors (Lipinski definition) is 4. The van der Waals surface area contributed by atoms with E-state index in [1.165, 1.54) is 0 Å². The molecule has 1 aromatic rings. The number of nitrogens with zero attached hydrogens (tertiary/aromatic N) is 2. The predicted octanol–water partition coefficient (Wildman–Crippen LogP) is 0.479. The van der Waals surface area contributed by atoms with Gasteiger partial charge in [0.05, 0.1) is 13.2 Å². The number of carbonyl (C=O) groups excluding carboxylic acids is 2. The fourth-order valence-corrected chi connectivity index (χ4v) is 3.04. The van der Waals surface area contributed by atoms with Gasteiger partial charge in [-0.1, -0.05) is 18.2 Å². The van der Waals surface area contributed by atoms with Crippen LogP contribution in [0.2, 0.25) is 0 Å². The van der Waals surface area contributed by atoms with Crippen LogP contribution in [0.25, 0.3) is 0 Å². The van der Waals surface area contributed by atoms with E-state index in [4.69, 9.17) is 4.74 Å². The minimum Gasteiger partial charge on any atom is -0.379 e. The maximum absolute atomic E-state index is 12.4. The summed E-state index contributed by atoms with van der Waals surface area (Å²) >= 11 is 0. The van der Waals surface area contributed by atoms with Crippen LogP contribution in [0.5, 0.6) is 0 Å². The molecule has 1 N–H and O–H groups in total. The van der Waals surface area contributed by atoms with Crippen molar-refractivity contribution in [3.8, 4) is 0 Å². The zero-order valence-corrected chi connectivity index (χ0v) is 13.5. The highest BCUT2D eigenvalue weighted by Crippen LogP contribution is 2.24. The molecule has 2 heterocycles. The maximum atomic E-state index is 12.4. The lowest BCUT2D eigenvalue weighted by atomic mass is 10.1. The number of morpholine rings is 1. The largest absolute Gasteiger partial charge is 0.379 e. The normalized spacial score (nSPS) is 19.5. The first-order valence-electron chi connectivity index (χ1n) is 8.13. The zero-order valence-electron chi connectivity index (χ0n) is 13.5. The van der Waals surface area contributed by atoms with E-state index in [9.17, 15) is 9.59 Å². The molecule has 0 unspecified atom stereocenters. The molecule has 3 rings (SSSR count). The van der Waals surface area contributed by atoms with Gasteiger partial charge in [-0.3, -0.25) is 14.5 Å². The molecule has 0 aliphatic carbocycles. The summed E-state index contributed by atoms with van der Waals surface area (Å²) in [5.41, 5.74) is 1.70. The summed E-state index contributed by atoms with van der Waals surface area (Å²) in [5, 5.41) is 2.94. The van der Waals surface area contributed by atoms with Gasteiger partial charge in [0.2, 0.25) is 5.91 Å². The van der Waals surface area contributed by atoms with Crippen molar-refractivity contribution in [1.29, 1.82) is 0 Å². The SMILES string of the molecule is C[C@H](C(=O)NCCN1CCOCC1)N1Cc2ccccc2C1=O. The lowest BCUT2D eigenvalue weighted by molar-refractivity contribution is -0.125. The first-order valence-corrected chi connectivity index (χ1v) is 8.13. The van der Waals surface area contributed by atoms with Gasteiger partial charge in [0.25, 0.3) is 5.91 Å². The molecule has 1 fully saturated rings. The van der Waals surface area contributed by atoms with Gasteiger partial charge in [-0.05, 0) is 18.6 Å². The molecule has 1 atom stereocenters. The van der Waals surface area contributed by atoms with Crippen LogP contribution < -0.4 is 5.32 Å². The van der Waals surface area contributed by atoms with E-state index >= 15 is 0 Å². The van der Waals surface area contributed by atoms with Crippen molar-refractivity contribution in [1.82, 2.24) is 15.1 Å². The molecule has 124 valence electrons. The third-order valence-corrected chi connectivity index (χ3v) is 4.53. The quantitative estimate of drug-likeness (QED) is 0.858. The van der Waals surface area contributed by atoms with Crippen molar-refractivity contribution in [2.24, 2.45) is 0 Å². The minimum atomic E-state index is -0.459. The van der Waals surface area contributed by atoms with Gasteiger partial charge in [-0.2, -0.15) is 0 Å². The standard InChI is InChI=1S/C17H23N3O3/c1-13(16(21)18-6-7-19-8-10-23-11-9-19)20-12-14-4-2-3-5-15(14)17(20)22/h2-5,13H,6-12H2,1H3,(H,18,21)/t13-/m1/s1. The molecule has 6 nitrogen and oxygen atoms in total. The molecule has 0 saturated carbocycles. The van der Waals surface area contributed by atoms with Crippen molar-refractivity contribution < 1.29 is 14.3 Å². The Balaban J connectivity index is 1.49. The fourth-order valence-electron chi connectivity index (χ4n) is 3.04. The highest BCUT2D eigenvalue weighted by molar-refractivity contribution is 6.00. The number of amides is 2. The van der Waals surface area contributed by atoms with Crippen molar-refractivity contribution in [2.75, 3.05) is 39.4 Å². The number of carbonyl (C=O) groups is 2. The van der Waals surface area contributed by atoms with Crippen LogP contribution in [0.4, 0.5) is 0 Å². The third kappa shape index (κ3) is 3.54. The van der Waals surface area contributed by atoms with Crippen LogP contribution in [0, 0.1) is 0 Å². The molecule has 1 saturated heterocycles. The molecule has 0 aromatic heterocycles. The Labute approximate surface area is 136 Å². The minimum absolute atomic E-state index is 0.0589. The molecule has 0 radical (unpaired) electrons. The molecule has 2 aliphatic rings. The van der Waals surface area contributed by atoms with Gasteiger partial charge < -0.3 is 15.0 Å². The van der Waals surface area contributed by atoms with E-state index in [0.717, 1.165) is 38.4 Å². The van der Waals surface area contributed by atoms with Crippen molar-refractivity contribution in [2.45, 2.75) is 19.5 Å². The topological polar surface area (TPSA) is 61.9 Å². The summed E-state index contributed by atoms with van der Waals surface area (Å²) in [5.74, 6) is -0.157. The number of nitrogens with one attached hydrogen (secondary N) is 1. The first kappa shape index (κ1) is 16.0. The van der Waals surface area contributed by atoms with Crippen LogP contribution in [0.1, 0.15) is 22.8 Å². The van der Waals surface area contributed by atoms with Crippen LogP contribution in [0.15, 0.2) is 24.3 Å². The number of fused-ring (bicyclic) bond motifs is 1. The van der Waals surface area contributed by atoms with Gasteiger partial charge in [-0.25, -0.2) is 0 Å². The Morgan fingerprint density at radius 1 is 1.30 bits per heavy atom. The molecule has 6 heteroatoms. The third-order valence-electron chi connectivity index (χ3n) is 4.53. The summed E-state index contributed by atoms with van der Waals surface area (Å²) in [6.45, 7) is 7.03. The summed E-state index contributed by atoms with van der Waals surface area (Å²) < 4.78 is 5.30. The molecule has 1 aromatic carbocycles. The summed E-state index contributed by atoms with van der Waals surface area (Å²) in [6, 6.07) is 7.08. The molecule has 2 aliphatic heterocycles. The predicted molar refractivity (Wildman–Crippen MR) is 86.0 cm³/mol. The monoisotopic (exact) mass is 317 g/mol. The number of ether oxygens (including phenoxy) is 1. The van der Waals surface area contributed by atoms with E-state index in [1.807, 2.05) is 24.3 Å². The van der Waals surface area contributed by atoms with Crippen LogP contribution >= 0.6 is 0 Å². The van der Waals surface area contributed by atoms with E-state index in [2.05, 4.69) is 10.2 Å².